The van der Waals surface area contributed by atoms with Gasteiger partial charge in [0, 0.05) is 24.5 Å². The molecule has 0 bridgehead atoms. The minimum Gasteiger partial charge on any atom is -0.385 e. The van der Waals surface area contributed by atoms with Crippen molar-refractivity contribution in [1.29, 1.82) is 0 Å². The van der Waals surface area contributed by atoms with Crippen molar-refractivity contribution in [1.82, 2.24) is 5.32 Å². The number of nitrogens with one attached hydrogen (secondary N) is 3. The lowest BCUT2D eigenvalue weighted by molar-refractivity contribution is 0.959. The maximum absolute atomic E-state index is 4.27. The molecule has 0 saturated heterocycles. The van der Waals surface area contributed by atoms with E-state index in [4.69, 9.17) is 0 Å². The van der Waals surface area contributed by atoms with Crippen LogP contribution in [0.5, 0.6) is 0 Å². The highest BCUT2D eigenvalue weighted by molar-refractivity contribution is 5.94. The van der Waals surface area contributed by atoms with E-state index in [1.165, 1.54) is 0 Å². The van der Waals surface area contributed by atoms with E-state index in [0.717, 1.165) is 37.0 Å². The van der Waals surface area contributed by atoms with Crippen LogP contribution in [0.3, 0.4) is 0 Å². The molecule has 0 aliphatic carbocycles. The second kappa shape index (κ2) is 8.03. The summed E-state index contributed by atoms with van der Waals surface area (Å²) in [6.07, 6.45) is 0. The Morgan fingerprint density at radius 2 is 1.82 bits per heavy atom. The number of hydrogen-bond acceptors (Lipinski definition) is 4. The van der Waals surface area contributed by atoms with Gasteiger partial charge in [-0.05, 0) is 31.2 Å². The van der Waals surface area contributed by atoms with Gasteiger partial charge in [-0.2, -0.15) is 0 Å². The molecule has 0 fully saturated rings. The number of benzene rings is 1. The molecule has 0 atom stereocenters. The molecule has 1 aliphatic rings. The number of halogens is 2. The average molecular weight is 277 g/mol. The van der Waals surface area contributed by atoms with E-state index >= 15 is 0 Å². The fourth-order valence-corrected chi connectivity index (χ4v) is 1.49. The first-order valence-corrected chi connectivity index (χ1v) is 5.28. The van der Waals surface area contributed by atoms with Crippen LogP contribution in [0.2, 0.25) is 0 Å². The largest absolute Gasteiger partial charge is 0.385 e. The molecule has 4 nitrogen and oxygen atoms in total. The quantitative estimate of drug-likeness (QED) is 0.794. The summed E-state index contributed by atoms with van der Waals surface area (Å²) in [5, 5.41) is 9.64. The molecule has 96 valence electrons. The summed E-state index contributed by atoms with van der Waals surface area (Å²) in [7, 11) is 0. The van der Waals surface area contributed by atoms with E-state index < -0.39 is 0 Å². The third-order valence-corrected chi connectivity index (χ3v) is 2.20. The molecule has 3 N–H and O–H groups in total. The molecule has 6 heteroatoms. The number of rotatable bonds is 3. The molecule has 1 aromatic carbocycles. The van der Waals surface area contributed by atoms with E-state index in [0.29, 0.717) is 0 Å². The molecular formula is C11H18Cl2N4. The van der Waals surface area contributed by atoms with Gasteiger partial charge in [-0.15, -0.1) is 24.8 Å². The summed E-state index contributed by atoms with van der Waals surface area (Å²) in [5.41, 5.74) is 2.20. The smallest absolute Gasteiger partial charge is 0.195 e. The summed E-state index contributed by atoms with van der Waals surface area (Å²) in [5.74, 6) is 0.867. The van der Waals surface area contributed by atoms with Crippen molar-refractivity contribution in [2.45, 2.75) is 6.92 Å². The predicted molar refractivity (Wildman–Crippen MR) is 79.0 cm³/mol. The van der Waals surface area contributed by atoms with Gasteiger partial charge in [0.05, 0.1) is 6.54 Å². The van der Waals surface area contributed by atoms with Crippen molar-refractivity contribution in [3.8, 4) is 0 Å². The first kappa shape index (κ1) is 15.9. The maximum atomic E-state index is 4.27. The molecular weight excluding hydrogens is 259 g/mol. The van der Waals surface area contributed by atoms with Crippen LogP contribution in [0.1, 0.15) is 6.92 Å². The fourth-order valence-electron chi connectivity index (χ4n) is 1.49. The van der Waals surface area contributed by atoms with Crippen molar-refractivity contribution in [2.75, 3.05) is 30.3 Å². The number of anilines is 2. The Bertz CT molecular complexity index is 351. The zero-order valence-corrected chi connectivity index (χ0v) is 11.3. The van der Waals surface area contributed by atoms with Gasteiger partial charge in [0.25, 0.3) is 0 Å². The highest BCUT2D eigenvalue weighted by Crippen LogP contribution is 2.13. The molecule has 0 spiro atoms. The van der Waals surface area contributed by atoms with Gasteiger partial charge in [-0.3, -0.25) is 4.99 Å². The van der Waals surface area contributed by atoms with Crippen molar-refractivity contribution >= 4 is 42.1 Å². The summed E-state index contributed by atoms with van der Waals surface area (Å²) >= 11 is 0. The fraction of sp³-hybridized carbons (Fsp3) is 0.364. The van der Waals surface area contributed by atoms with Crippen LogP contribution in [-0.4, -0.2) is 25.6 Å². The summed E-state index contributed by atoms with van der Waals surface area (Å²) in [6.45, 7) is 4.82. The molecule has 0 aromatic heterocycles. The molecule has 0 saturated carbocycles. The lowest BCUT2D eigenvalue weighted by Gasteiger charge is -2.08. The van der Waals surface area contributed by atoms with E-state index in [-0.39, 0.29) is 24.8 Å². The van der Waals surface area contributed by atoms with Crippen molar-refractivity contribution in [3.63, 3.8) is 0 Å². The van der Waals surface area contributed by atoms with Gasteiger partial charge in [0.15, 0.2) is 5.96 Å². The number of hydrogen-bond donors (Lipinski definition) is 3. The van der Waals surface area contributed by atoms with Crippen LogP contribution in [0, 0.1) is 0 Å². The topological polar surface area (TPSA) is 48.5 Å². The van der Waals surface area contributed by atoms with Crippen LogP contribution in [0.25, 0.3) is 0 Å². The molecule has 1 aliphatic heterocycles. The minimum absolute atomic E-state index is 0. The number of nitrogens with zero attached hydrogens (tertiary/aromatic N) is 1. The Hall–Kier alpha value is -1.13. The third kappa shape index (κ3) is 4.71. The molecule has 0 unspecified atom stereocenters. The summed E-state index contributed by atoms with van der Waals surface area (Å²) in [6, 6.07) is 8.20. The third-order valence-electron chi connectivity index (χ3n) is 2.20. The lowest BCUT2D eigenvalue weighted by atomic mass is 10.3. The van der Waals surface area contributed by atoms with Gasteiger partial charge in [-0.1, -0.05) is 0 Å². The molecule has 0 amide bonds. The van der Waals surface area contributed by atoms with Gasteiger partial charge < -0.3 is 16.0 Å². The Kier molecular flexibility index (Phi) is 7.50. The van der Waals surface area contributed by atoms with E-state index in [1.54, 1.807) is 0 Å². The first-order valence-electron chi connectivity index (χ1n) is 5.28. The highest BCUT2D eigenvalue weighted by atomic mass is 35.5. The normalized spacial score (nSPS) is 12.6. The molecule has 1 aromatic rings. The molecule has 1 heterocycles. The van der Waals surface area contributed by atoms with Gasteiger partial charge in [-0.25, -0.2) is 0 Å². The summed E-state index contributed by atoms with van der Waals surface area (Å²) in [4.78, 5) is 4.27. The second-order valence-electron chi connectivity index (χ2n) is 3.39. The van der Waals surface area contributed by atoms with Crippen LogP contribution in [-0.2, 0) is 0 Å². The Morgan fingerprint density at radius 1 is 1.18 bits per heavy atom. The second-order valence-corrected chi connectivity index (χ2v) is 3.39. The maximum Gasteiger partial charge on any atom is 0.195 e. The van der Waals surface area contributed by atoms with Crippen LogP contribution < -0.4 is 16.0 Å². The summed E-state index contributed by atoms with van der Waals surface area (Å²) < 4.78 is 0. The van der Waals surface area contributed by atoms with Gasteiger partial charge >= 0.3 is 0 Å². The molecule has 0 radical (unpaired) electrons. The zero-order valence-electron chi connectivity index (χ0n) is 9.69. The Balaban J connectivity index is 0.00000128. The van der Waals surface area contributed by atoms with Crippen LogP contribution >= 0.6 is 24.8 Å². The molecule has 17 heavy (non-hydrogen) atoms. The first-order chi connectivity index (χ1) is 7.38. The van der Waals surface area contributed by atoms with Gasteiger partial charge in [0.2, 0.25) is 0 Å². The molecule has 2 rings (SSSR count). The Morgan fingerprint density at radius 3 is 2.35 bits per heavy atom. The number of aliphatic imine (C=N–C) groups is 1. The van der Waals surface area contributed by atoms with Crippen LogP contribution in [0.15, 0.2) is 29.3 Å². The van der Waals surface area contributed by atoms with Gasteiger partial charge in [0.1, 0.15) is 0 Å². The van der Waals surface area contributed by atoms with Crippen LogP contribution in [0.4, 0.5) is 11.4 Å². The van der Waals surface area contributed by atoms with Crippen molar-refractivity contribution < 1.29 is 0 Å². The highest BCUT2D eigenvalue weighted by Gasteiger charge is 2.03. The number of guanidine groups is 1. The van der Waals surface area contributed by atoms with E-state index in [9.17, 15) is 0 Å². The zero-order chi connectivity index (χ0) is 10.5. The minimum atomic E-state index is 0. The Labute approximate surface area is 114 Å². The predicted octanol–water partition coefficient (Wildman–Crippen LogP) is 2.33. The van der Waals surface area contributed by atoms with Crippen molar-refractivity contribution in [2.24, 2.45) is 4.99 Å². The van der Waals surface area contributed by atoms with E-state index in [1.807, 2.05) is 12.1 Å². The average Bonchev–Trinajstić information content (AvgIpc) is 2.74. The lowest BCUT2D eigenvalue weighted by Crippen LogP contribution is -2.26. The van der Waals surface area contributed by atoms with Crippen molar-refractivity contribution in [3.05, 3.63) is 24.3 Å². The SMILES string of the molecule is CCNc1ccc(NC2=NCCN2)cc1.Cl.Cl. The monoisotopic (exact) mass is 276 g/mol. The van der Waals surface area contributed by atoms with E-state index in [2.05, 4.69) is 40.0 Å². The standard InChI is InChI=1S/C11H16N4.2ClH/c1-2-12-9-3-5-10(6-4-9)15-11-13-7-8-14-11;;/h3-6,12H,2,7-8H2,1H3,(H2,13,14,15);2*1H.